The SMILES string of the molecule is O=C(O)CCCC(=O)NC(=O)N1CCCCC1. The molecule has 0 atom stereocenters. The topological polar surface area (TPSA) is 86.7 Å². The molecule has 1 fully saturated rings. The molecule has 1 heterocycles. The van der Waals surface area contributed by atoms with Gasteiger partial charge >= 0.3 is 12.0 Å². The summed E-state index contributed by atoms with van der Waals surface area (Å²) in [5, 5.41) is 10.7. The van der Waals surface area contributed by atoms with Gasteiger partial charge in [-0.15, -0.1) is 0 Å². The molecule has 17 heavy (non-hydrogen) atoms. The Balaban J connectivity index is 2.20. The smallest absolute Gasteiger partial charge is 0.324 e. The highest BCUT2D eigenvalue weighted by Crippen LogP contribution is 2.08. The number of piperidine rings is 1. The number of imide groups is 1. The third kappa shape index (κ3) is 5.33. The summed E-state index contributed by atoms with van der Waals surface area (Å²) in [5.41, 5.74) is 0. The second-order valence-electron chi connectivity index (χ2n) is 4.15. The van der Waals surface area contributed by atoms with E-state index in [0.29, 0.717) is 13.1 Å². The molecule has 0 aromatic heterocycles. The third-order valence-electron chi connectivity index (χ3n) is 2.68. The molecule has 6 heteroatoms. The Hall–Kier alpha value is -1.59. The fraction of sp³-hybridized carbons (Fsp3) is 0.727. The second-order valence-corrected chi connectivity index (χ2v) is 4.15. The summed E-state index contributed by atoms with van der Waals surface area (Å²) in [6.45, 7) is 1.38. The van der Waals surface area contributed by atoms with Crippen LogP contribution in [0.2, 0.25) is 0 Å². The lowest BCUT2D eigenvalue weighted by Gasteiger charge is -2.26. The van der Waals surface area contributed by atoms with Crippen molar-refractivity contribution in [3.8, 4) is 0 Å². The molecule has 0 saturated carbocycles. The highest BCUT2D eigenvalue weighted by molar-refractivity contribution is 5.94. The maximum Gasteiger partial charge on any atom is 0.324 e. The normalized spacial score (nSPS) is 15.4. The van der Waals surface area contributed by atoms with Crippen molar-refractivity contribution in [3.63, 3.8) is 0 Å². The summed E-state index contributed by atoms with van der Waals surface area (Å²) in [7, 11) is 0. The summed E-state index contributed by atoms with van der Waals surface area (Å²) in [4.78, 5) is 34.8. The lowest BCUT2D eigenvalue weighted by atomic mass is 10.1. The number of amides is 3. The summed E-state index contributed by atoms with van der Waals surface area (Å²) in [6, 6.07) is -0.356. The maximum atomic E-state index is 11.6. The van der Waals surface area contributed by atoms with Gasteiger partial charge in [0, 0.05) is 25.9 Å². The molecule has 96 valence electrons. The minimum atomic E-state index is -0.930. The second kappa shape index (κ2) is 6.88. The number of aliphatic carboxylic acids is 1. The molecule has 0 aromatic rings. The van der Waals surface area contributed by atoms with Gasteiger partial charge in [-0.25, -0.2) is 4.79 Å². The molecule has 1 aliphatic heterocycles. The Morgan fingerprint density at radius 1 is 1.06 bits per heavy atom. The maximum absolute atomic E-state index is 11.6. The minimum Gasteiger partial charge on any atom is -0.481 e. The van der Waals surface area contributed by atoms with E-state index in [1.165, 1.54) is 0 Å². The molecule has 0 unspecified atom stereocenters. The van der Waals surface area contributed by atoms with Crippen LogP contribution in [0.4, 0.5) is 4.79 Å². The van der Waals surface area contributed by atoms with Gasteiger partial charge in [0.25, 0.3) is 0 Å². The van der Waals surface area contributed by atoms with Gasteiger partial charge in [0.15, 0.2) is 0 Å². The van der Waals surface area contributed by atoms with Crippen LogP contribution in [0.25, 0.3) is 0 Å². The number of nitrogens with one attached hydrogen (secondary N) is 1. The van der Waals surface area contributed by atoms with E-state index in [2.05, 4.69) is 5.32 Å². The number of carbonyl (C=O) groups is 3. The van der Waals surface area contributed by atoms with E-state index in [1.54, 1.807) is 4.90 Å². The molecule has 2 N–H and O–H groups in total. The van der Waals surface area contributed by atoms with Crippen molar-refractivity contribution in [2.24, 2.45) is 0 Å². The van der Waals surface area contributed by atoms with Gasteiger partial charge in [0.1, 0.15) is 0 Å². The fourth-order valence-electron chi connectivity index (χ4n) is 1.76. The van der Waals surface area contributed by atoms with Gasteiger partial charge in [0.05, 0.1) is 0 Å². The van der Waals surface area contributed by atoms with Crippen LogP contribution >= 0.6 is 0 Å². The van der Waals surface area contributed by atoms with Crippen molar-refractivity contribution in [3.05, 3.63) is 0 Å². The average molecular weight is 242 g/mol. The lowest BCUT2D eigenvalue weighted by Crippen LogP contribution is -2.45. The van der Waals surface area contributed by atoms with Crippen LogP contribution in [0.5, 0.6) is 0 Å². The first-order valence-electron chi connectivity index (χ1n) is 5.90. The van der Waals surface area contributed by atoms with E-state index in [1.807, 2.05) is 0 Å². The molecule has 0 radical (unpaired) electrons. The van der Waals surface area contributed by atoms with Crippen LogP contribution in [0.1, 0.15) is 38.5 Å². The quantitative estimate of drug-likeness (QED) is 0.768. The highest BCUT2D eigenvalue weighted by Gasteiger charge is 2.18. The van der Waals surface area contributed by atoms with Gasteiger partial charge < -0.3 is 10.0 Å². The summed E-state index contributed by atoms with van der Waals surface area (Å²) in [6.07, 6.45) is 3.35. The zero-order valence-corrected chi connectivity index (χ0v) is 9.78. The monoisotopic (exact) mass is 242 g/mol. The van der Waals surface area contributed by atoms with E-state index in [0.717, 1.165) is 19.3 Å². The zero-order valence-electron chi connectivity index (χ0n) is 9.78. The summed E-state index contributed by atoms with van der Waals surface area (Å²) in [5.74, 6) is -1.33. The molecule has 0 aliphatic carbocycles. The van der Waals surface area contributed by atoms with Crippen LogP contribution in [-0.4, -0.2) is 41.0 Å². The number of carboxylic acid groups (broad SMARTS) is 1. The number of rotatable bonds is 4. The Morgan fingerprint density at radius 3 is 2.29 bits per heavy atom. The van der Waals surface area contributed by atoms with Crippen LogP contribution < -0.4 is 5.32 Å². The molecule has 1 saturated heterocycles. The Labute approximate surface area is 100.0 Å². The van der Waals surface area contributed by atoms with Gasteiger partial charge in [-0.1, -0.05) is 0 Å². The lowest BCUT2D eigenvalue weighted by molar-refractivity contribution is -0.137. The molecule has 6 nitrogen and oxygen atoms in total. The zero-order chi connectivity index (χ0) is 12.7. The Morgan fingerprint density at radius 2 is 1.71 bits per heavy atom. The van der Waals surface area contributed by atoms with Crippen LogP contribution in [0, 0.1) is 0 Å². The third-order valence-corrected chi connectivity index (χ3v) is 2.68. The van der Waals surface area contributed by atoms with Gasteiger partial charge in [-0.3, -0.25) is 14.9 Å². The van der Waals surface area contributed by atoms with E-state index in [4.69, 9.17) is 5.11 Å². The van der Waals surface area contributed by atoms with Crippen molar-refractivity contribution >= 4 is 17.9 Å². The molecule has 3 amide bonds. The number of likely N-dealkylation sites (tertiary alicyclic amines) is 1. The number of hydrogen-bond acceptors (Lipinski definition) is 3. The van der Waals surface area contributed by atoms with E-state index in [9.17, 15) is 14.4 Å². The molecular formula is C11H18N2O4. The fourth-order valence-corrected chi connectivity index (χ4v) is 1.76. The molecule has 0 bridgehead atoms. The number of urea groups is 1. The number of nitrogens with zero attached hydrogens (tertiary/aromatic N) is 1. The minimum absolute atomic E-state index is 0.0503. The molecule has 0 spiro atoms. The van der Waals surface area contributed by atoms with Crippen molar-refractivity contribution in [2.45, 2.75) is 38.5 Å². The number of carbonyl (C=O) groups excluding carboxylic acids is 2. The molecular weight excluding hydrogens is 224 g/mol. The van der Waals surface area contributed by atoms with Crippen LogP contribution in [0.15, 0.2) is 0 Å². The van der Waals surface area contributed by atoms with Crippen molar-refractivity contribution < 1.29 is 19.5 Å². The highest BCUT2D eigenvalue weighted by atomic mass is 16.4. The van der Waals surface area contributed by atoms with Gasteiger partial charge in [-0.05, 0) is 25.7 Å². The largest absolute Gasteiger partial charge is 0.481 e. The Kier molecular flexibility index (Phi) is 5.45. The van der Waals surface area contributed by atoms with Gasteiger partial charge in [0.2, 0.25) is 5.91 Å². The standard InChI is InChI=1S/C11H18N2O4/c14-9(5-4-6-10(15)16)12-11(17)13-7-2-1-3-8-13/h1-8H2,(H,15,16)(H,12,14,17). The summed E-state index contributed by atoms with van der Waals surface area (Å²) < 4.78 is 0. The van der Waals surface area contributed by atoms with Crippen molar-refractivity contribution in [1.29, 1.82) is 0 Å². The van der Waals surface area contributed by atoms with E-state index >= 15 is 0 Å². The van der Waals surface area contributed by atoms with Crippen molar-refractivity contribution in [1.82, 2.24) is 10.2 Å². The number of carboxylic acids is 1. The number of hydrogen-bond donors (Lipinski definition) is 2. The molecule has 1 aliphatic rings. The van der Waals surface area contributed by atoms with E-state index < -0.39 is 11.9 Å². The van der Waals surface area contributed by atoms with Crippen LogP contribution in [-0.2, 0) is 9.59 Å². The van der Waals surface area contributed by atoms with E-state index in [-0.39, 0.29) is 25.3 Å². The first-order chi connectivity index (χ1) is 8.09. The molecule has 0 aromatic carbocycles. The first kappa shape index (κ1) is 13.5. The Bertz CT molecular complexity index is 298. The summed E-state index contributed by atoms with van der Waals surface area (Å²) >= 11 is 0. The predicted molar refractivity (Wildman–Crippen MR) is 60.4 cm³/mol. The first-order valence-corrected chi connectivity index (χ1v) is 5.90. The average Bonchev–Trinajstić information content (AvgIpc) is 2.29. The van der Waals surface area contributed by atoms with Gasteiger partial charge in [-0.2, -0.15) is 0 Å². The van der Waals surface area contributed by atoms with Crippen molar-refractivity contribution in [2.75, 3.05) is 13.1 Å². The van der Waals surface area contributed by atoms with Crippen LogP contribution in [0.3, 0.4) is 0 Å². The predicted octanol–water partition coefficient (Wildman–Crippen LogP) is 0.963. The molecule has 1 rings (SSSR count).